The molecule has 0 atom stereocenters. The van der Waals surface area contributed by atoms with E-state index in [9.17, 15) is 5.26 Å². The smallest absolute Gasteiger partial charge is 0.310 e. The van der Waals surface area contributed by atoms with Gasteiger partial charge in [-0.05, 0) is 24.6 Å². The van der Waals surface area contributed by atoms with Crippen LogP contribution in [0.3, 0.4) is 0 Å². The van der Waals surface area contributed by atoms with E-state index in [0.717, 1.165) is 33.9 Å². The lowest BCUT2D eigenvalue weighted by molar-refractivity contribution is -0.701. The number of aryl methyl sites for hydroxylation is 2. The topological polar surface area (TPSA) is 63.3 Å². The number of nitrogens with one attached hydrogen (secondary N) is 2. The predicted octanol–water partition coefficient (Wildman–Crippen LogP) is 2.00. The quantitative estimate of drug-likeness (QED) is 0.517. The molecule has 106 valence electrons. The largest absolute Gasteiger partial charge is 0.352 e. The number of nitriles is 1. The number of aromatic nitrogens is 4. The molecular weight excluding hydrogens is 274 g/mol. The molecule has 3 heterocycles. The first-order chi connectivity index (χ1) is 10.7. The molecule has 0 spiro atoms. The molecule has 2 N–H and O–H groups in total. The summed E-state index contributed by atoms with van der Waals surface area (Å²) in [4.78, 5) is 6.57. The Bertz CT molecular complexity index is 1060. The van der Waals surface area contributed by atoms with Crippen molar-refractivity contribution >= 4 is 16.7 Å². The molecule has 0 aliphatic heterocycles. The van der Waals surface area contributed by atoms with Crippen LogP contribution >= 0.6 is 0 Å². The zero-order chi connectivity index (χ0) is 15.3. The summed E-state index contributed by atoms with van der Waals surface area (Å²) in [7, 11) is 0. The molecule has 0 saturated carbocycles. The van der Waals surface area contributed by atoms with Crippen LogP contribution in [0.15, 0.2) is 42.7 Å². The number of fused-ring (bicyclic) bond motifs is 3. The number of hydrogen-bond acceptors (Lipinski definition) is 1. The van der Waals surface area contributed by atoms with Gasteiger partial charge in [-0.1, -0.05) is 12.1 Å². The summed E-state index contributed by atoms with van der Waals surface area (Å²) < 4.78 is 4.18. The summed E-state index contributed by atoms with van der Waals surface area (Å²) in [6, 6.07) is 12.4. The predicted molar refractivity (Wildman–Crippen MR) is 81.5 cm³/mol. The summed E-state index contributed by atoms with van der Waals surface area (Å²) in [5, 5.41) is 9.52. The first-order valence-electron chi connectivity index (χ1n) is 7.13. The van der Waals surface area contributed by atoms with Crippen LogP contribution in [0.25, 0.3) is 22.5 Å². The van der Waals surface area contributed by atoms with Gasteiger partial charge in [0.1, 0.15) is 11.6 Å². The van der Waals surface area contributed by atoms with E-state index in [0.29, 0.717) is 5.56 Å². The summed E-state index contributed by atoms with van der Waals surface area (Å²) in [6.07, 6.45) is 3.90. The molecule has 0 amide bonds. The van der Waals surface area contributed by atoms with Crippen LogP contribution in [0, 0.1) is 25.2 Å². The van der Waals surface area contributed by atoms with Crippen molar-refractivity contribution in [1.82, 2.24) is 9.97 Å². The molecule has 3 aromatic heterocycles. The van der Waals surface area contributed by atoms with Crippen molar-refractivity contribution in [2.24, 2.45) is 0 Å². The fourth-order valence-electron chi connectivity index (χ4n) is 2.99. The summed E-state index contributed by atoms with van der Waals surface area (Å²) in [6.45, 7) is 3.99. The Morgan fingerprint density at radius 3 is 2.73 bits per heavy atom. The number of pyridine rings is 1. The second-order valence-corrected chi connectivity index (χ2v) is 5.41. The highest BCUT2D eigenvalue weighted by Crippen LogP contribution is 2.17. The van der Waals surface area contributed by atoms with Gasteiger partial charge in [-0.25, -0.2) is 4.98 Å². The maximum atomic E-state index is 9.52. The monoisotopic (exact) mass is 289 g/mol. The summed E-state index contributed by atoms with van der Waals surface area (Å²) in [5.41, 5.74) is 4.52. The van der Waals surface area contributed by atoms with Crippen LogP contribution in [0.1, 0.15) is 17.0 Å². The molecule has 5 heteroatoms. The fourth-order valence-corrected chi connectivity index (χ4v) is 2.99. The van der Waals surface area contributed by atoms with E-state index < -0.39 is 0 Å². The maximum Gasteiger partial charge on any atom is 0.352 e. The number of aromatic amines is 2. The Hall–Kier alpha value is -3.13. The van der Waals surface area contributed by atoms with Crippen molar-refractivity contribution in [3.8, 4) is 11.9 Å². The zero-order valence-corrected chi connectivity index (χ0v) is 12.4. The van der Waals surface area contributed by atoms with Gasteiger partial charge >= 0.3 is 11.6 Å². The summed E-state index contributed by atoms with van der Waals surface area (Å²) >= 11 is 0. The van der Waals surface area contributed by atoms with E-state index in [4.69, 9.17) is 0 Å². The summed E-state index contributed by atoms with van der Waals surface area (Å²) in [5.74, 6) is 2.03. The lowest BCUT2D eigenvalue weighted by Crippen LogP contribution is -2.44. The van der Waals surface area contributed by atoms with E-state index in [1.807, 2.05) is 50.5 Å². The average Bonchev–Trinajstić information content (AvgIpc) is 3.10. The minimum absolute atomic E-state index is 0.675. The number of para-hydroxylation sites is 2. The van der Waals surface area contributed by atoms with Gasteiger partial charge in [0.05, 0.1) is 18.5 Å². The Morgan fingerprint density at radius 2 is 2.00 bits per heavy atom. The zero-order valence-electron chi connectivity index (χ0n) is 12.4. The Kier molecular flexibility index (Phi) is 2.54. The van der Waals surface area contributed by atoms with Crippen molar-refractivity contribution in [3.63, 3.8) is 0 Å². The van der Waals surface area contributed by atoms with Gasteiger partial charge in [-0.2, -0.15) is 5.26 Å². The standard InChI is InChI=1S/C17H13N5/c1-11-9-16(21-8-7-19-12(21)2)22-15-6-4-3-5-14(15)20-17(22)13(11)10-18/h3-9H,1-2H3/p+2. The van der Waals surface area contributed by atoms with Crippen molar-refractivity contribution in [2.75, 3.05) is 0 Å². The molecule has 0 fully saturated rings. The van der Waals surface area contributed by atoms with Crippen LogP contribution in [0.4, 0.5) is 0 Å². The number of nitrogens with zero attached hydrogens (tertiary/aromatic N) is 3. The highest BCUT2D eigenvalue weighted by molar-refractivity contribution is 5.76. The molecule has 4 rings (SSSR count). The molecule has 0 bridgehead atoms. The molecule has 5 nitrogen and oxygen atoms in total. The normalized spacial score (nSPS) is 11.1. The maximum absolute atomic E-state index is 9.52. The van der Waals surface area contributed by atoms with Gasteiger partial charge in [-0.3, -0.25) is 0 Å². The van der Waals surface area contributed by atoms with E-state index in [2.05, 4.69) is 31.1 Å². The molecule has 0 saturated heterocycles. The Labute approximate surface area is 127 Å². The highest BCUT2D eigenvalue weighted by atomic mass is 15.2. The van der Waals surface area contributed by atoms with Crippen LogP contribution < -0.4 is 8.97 Å². The molecule has 1 aromatic carbocycles. The third-order valence-electron chi connectivity index (χ3n) is 4.06. The van der Waals surface area contributed by atoms with Crippen molar-refractivity contribution < 1.29 is 8.97 Å². The van der Waals surface area contributed by atoms with Crippen LogP contribution in [0.2, 0.25) is 0 Å². The minimum Gasteiger partial charge on any atom is -0.310 e. The molecule has 0 aliphatic rings. The van der Waals surface area contributed by atoms with Crippen molar-refractivity contribution in [2.45, 2.75) is 13.8 Å². The first-order valence-corrected chi connectivity index (χ1v) is 7.13. The Morgan fingerprint density at radius 1 is 1.18 bits per heavy atom. The van der Waals surface area contributed by atoms with Crippen LogP contribution in [-0.4, -0.2) is 9.97 Å². The van der Waals surface area contributed by atoms with Crippen LogP contribution in [-0.2, 0) is 0 Å². The molecule has 22 heavy (non-hydrogen) atoms. The van der Waals surface area contributed by atoms with Crippen LogP contribution in [0.5, 0.6) is 0 Å². The number of H-pyrrole nitrogens is 2. The van der Waals surface area contributed by atoms with Gasteiger partial charge in [-0.15, -0.1) is 8.97 Å². The van der Waals surface area contributed by atoms with Gasteiger partial charge in [0, 0.05) is 0 Å². The third-order valence-corrected chi connectivity index (χ3v) is 4.06. The third kappa shape index (κ3) is 1.58. The number of benzene rings is 1. The van der Waals surface area contributed by atoms with E-state index in [-0.39, 0.29) is 0 Å². The number of hydrogen-bond donors (Lipinski definition) is 2. The number of rotatable bonds is 1. The van der Waals surface area contributed by atoms with Crippen molar-refractivity contribution in [1.29, 1.82) is 5.26 Å². The van der Waals surface area contributed by atoms with Gasteiger partial charge in [0.25, 0.3) is 5.65 Å². The molecular formula is C17H15N5+2. The van der Waals surface area contributed by atoms with Gasteiger partial charge < -0.3 is 4.98 Å². The van der Waals surface area contributed by atoms with Crippen molar-refractivity contribution in [3.05, 3.63) is 59.7 Å². The molecule has 4 aromatic rings. The number of imidazole rings is 2. The molecule has 0 radical (unpaired) electrons. The van der Waals surface area contributed by atoms with E-state index >= 15 is 0 Å². The lowest BCUT2D eigenvalue weighted by atomic mass is 10.1. The second kappa shape index (κ2) is 4.43. The van der Waals surface area contributed by atoms with E-state index in [1.54, 1.807) is 0 Å². The first kappa shape index (κ1) is 12.6. The van der Waals surface area contributed by atoms with Gasteiger partial charge in [0.15, 0.2) is 17.9 Å². The highest BCUT2D eigenvalue weighted by Gasteiger charge is 2.26. The SMILES string of the molecule is Cc1cc(-[n+]2cc[nH]c2C)[n+]2c([nH]c3ccccc32)c1C#N. The fraction of sp³-hybridized carbons (Fsp3) is 0.118. The second-order valence-electron chi connectivity index (χ2n) is 5.41. The average molecular weight is 289 g/mol. The van der Waals surface area contributed by atoms with E-state index in [1.165, 1.54) is 0 Å². The molecule has 0 unspecified atom stereocenters. The Balaban J connectivity index is 2.27. The van der Waals surface area contributed by atoms with Gasteiger partial charge in [0.2, 0.25) is 0 Å². The lowest BCUT2D eigenvalue weighted by Gasteiger charge is -2.00. The minimum atomic E-state index is 0.675. The molecule has 0 aliphatic carbocycles.